The van der Waals surface area contributed by atoms with Crippen LogP contribution in [-0.2, 0) is 17.8 Å². The molecule has 5 nitrogen and oxygen atoms in total. The van der Waals surface area contributed by atoms with Crippen LogP contribution in [0.15, 0.2) is 0 Å². The molecule has 2 N–H and O–H groups in total. The molecule has 0 aliphatic carbocycles. The van der Waals surface area contributed by atoms with Crippen LogP contribution in [0.2, 0.25) is 0 Å². The summed E-state index contributed by atoms with van der Waals surface area (Å²) in [6, 6.07) is 0. The standard InChI is InChI=1S/C13H15F3N2O3S/c1-6(13(14,15)16)10(19)17-11-9(12(20)21)7-3-4-18(2)5-8(7)22-11/h6H,3-5H2,1-2H3,(H,17,19)(H,20,21). The van der Waals surface area contributed by atoms with E-state index < -0.39 is 24.0 Å². The highest BCUT2D eigenvalue weighted by atomic mass is 32.1. The third-order valence-electron chi connectivity index (χ3n) is 3.58. The molecule has 1 atom stereocenters. The van der Waals surface area contributed by atoms with Crippen molar-refractivity contribution < 1.29 is 27.9 Å². The SMILES string of the molecule is CC(C(=O)Nc1sc2c(c1C(=O)O)CCN(C)C2)C(F)(F)F. The van der Waals surface area contributed by atoms with Gasteiger partial charge in [0, 0.05) is 18.0 Å². The highest BCUT2D eigenvalue weighted by molar-refractivity contribution is 7.17. The van der Waals surface area contributed by atoms with Crippen molar-refractivity contribution in [1.29, 1.82) is 0 Å². The van der Waals surface area contributed by atoms with Gasteiger partial charge in [-0.1, -0.05) is 0 Å². The molecule has 1 aromatic rings. The maximum atomic E-state index is 12.6. The van der Waals surface area contributed by atoms with E-state index in [1.54, 1.807) is 0 Å². The van der Waals surface area contributed by atoms with Crippen LogP contribution >= 0.6 is 11.3 Å². The molecule has 0 radical (unpaired) electrons. The number of carboxylic acid groups (broad SMARTS) is 1. The number of hydrogen-bond acceptors (Lipinski definition) is 4. The number of anilines is 1. The van der Waals surface area contributed by atoms with Gasteiger partial charge in [-0.05, 0) is 26.0 Å². The van der Waals surface area contributed by atoms with Gasteiger partial charge < -0.3 is 15.3 Å². The minimum Gasteiger partial charge on any atom is -0.478 e. The number of carboxylic acids is 1. The van der Waals surface area contributed by atoms with Crippen molar-refractivity contribution in [2.75, 3.05) is 18.9 Å². The molecule has 2 heterocycles. The lowest BCUT2D eigenvalue weighted by atomic mass is 10.0. The Morgan fingerprint density at radius 3 is 2.59 bits per heavy atom. The van der Waals surface area contributed by atoms with Crippen molar-refractivity contribution in [3.8, 4) is 0 Å². The highest BCUT2D eigenvalue weighted by Crippen LogP contribution is 2.37. The van der Waals surface area contributed by atoms with E-state index in [2.05, 4.69) is 5.32 Å². The number of rotatable bonds is 3. The molecule has 2 rings (SSSR count). The van der Waals surface area contributed by atoms with Gasteiger partial charge >= 0.3 is 12.1 Å². The molecule has 9 heteroatoms. The fraction of sp³-hybridized carbons (Fsp3) is 0.538. The Hall–Kier alpha value is -1.61. The first-order valence-corrected chi connectivity index (χ1v) is 7.37. The van der Waals surface area contributed by atoms with Crippen LogP contribution in [0.25, 0.3) is 0 Å². The minimum atomic E-state index is -4.66. The summed E-state index contributed by atoms with van der Waals surface area (Å²) in [7, 11) is 1.87. The average molecular weight is 336 g/mol. The fourth-order valence-electron chi connectivity index (χ4n) is 2.21. The predicted molar refractivity (Wildman–Crippen MR) is 75.2 cm³/mol. The van der Waals surface area contributed by atoms with E-state index in [1.165, 1.54) is 0 Å². The topological polar surface area (TPSA) is 69.6 Å². The van der Waals surface area contributed by atoms with Crippen molar-refractivity contribution in [3.63, 3.8) is 0 Å². The number of halogens is 3. The van der Waals surface area contributed by atoms with Gasteiger partial charge in [0.05, 0.1) is 5.56 Å². The molecule has 0 aromatic carbocycles. The van der Waals surface area contributed by atoms with Crippen LogP contribution in [0.5, 0.6) is 0 Å². The molecule has 1 amide bonds. The molecule has 1 unspecified atom stereocenters. The first-order valence-electron chi connectivity index (χ1n) is 6.55. The van der Waals surface area contributed by atoms with Crippen LogP contribution < -0.4 is 5.32 Å². The molecule has 0 saturated heterocycles. The number of thiophene rings is 1. The van der Waals surface area contributed by atoms with Crippen LogP contribution in [0.1, 0.15) is 27.7 Å². The second kappa shape index (κ2) is 5.88. The number of carbonyl (C=O) groups excluding carboxylic acids is 1. The van der Waals surface area contributed by atoms with E-state index in [0.29, 0.717) is 25.1 Å². The molecule has 1 aliphatic rings. The summed E-state index contributed by atoms with van der Waals surface area (Å²) >= 11 is 1.03. The van der Waals surface area contributed by atoms with Crippen LogP contribution in [0, 0.1) is 5.92 Å². The van der Waals surface area contributed by atoms with E-state index in [-0.39, 0.29) is 10.6 Å². The van der Waals surface area contributed by atoms with E-state index in [0.717, 1.165) is 23.1 Å². The molecular formula is C13H15F3N2O3S. The maximum absolute atomic E-state index is 12.6. The Morgan fingerprint density at radius 1 is 1.41 bits per heavy atom. The first kappa shape index (κ1) is 16.8. The second-order valence-electron chi connectivity index (χ2n) is 5.25. The van der Waals surface area contributed by atoms with Crippen LogP contribution in [0.4, 0.5) is 18.2 Å². The minimum absolute atomic E-state index is 0.0195. The third-order valence-corrected chi connectivity index (χ3v) is 4.71. The van der Waals surface area contributed by atoms with Crippen molar-refractivity contribution in [3.05, 3.63) is 16.0 Å². The van der Waals surface area contributed by atoms with Crippen LogP contribution in [0.3, 0.4) is 0 Å². The van der Waals surface area contributed by atoms with Gasteiger partial charge in [0.1, 0.15) is 10.9 Å². The summed E-state index contributed by atoms with van der Waals surface area (Å²) in [5, 5.41) is 11.4. The Morgan fingerprint density at radius 2 is 2.05 bits per heavy atom. The second-order valence-corrected chi connectivity index (χ2v) is 6.36. The lowest BCUT2D eigenvalue weighted by Gasteiger charge is -2.22. The van der Waals surface area contributed by atoms with Crippen molar-refractivity contribution in [2.24, 2.45) is 5.92 Å². The zero-order chi connectivity index (χ0) is 16.7. The number of amides is 1. The zero-order valence-corrected chi connectivity index (χ0v) is 12.8. The first-order chi connectivity index (χ1) is 10.1. The number of hydrogen-bond donors (Lipinski definition) is 2. The summed E-state index contributed by atoms with van der Waals surface area (Å²) in [6.07, 6.45) is -4.17. The van der Waals surface area contributed by atoms with Gasteiger partial charge in [0.15, 0.2) is 0 Å². The van der Waals surface area contributed by atoms with E-state index in [1.807, 2.05) is 11.9 Å². The summed E-state index contributed by atoms with van der Waals surface area (Å²) in [4.78, 5) is 25.8. The third kappa shape index (κ3) is 3.25. The molecule has 22 heavy (non-hydrogen) atoms. The molecule has 1 aliphatic heterocycles. The Balaban J connectivity index is 2.32. The highest BCUT2D eigenvalue weighted by Gasteiger charge is 2.41. The number of fused-ring (bicyclic) bond motifs is 1. The van der Waals surface area contributed by atoms with Gasteiger partial charge in [-0.3, -0.25) is 4.79 Å². The average Bonchev–Trinajstić information content (AvgIpc) is 2.73. The van der Waals surface area contributed by atoms with Crippen molar-refractivity contribution in [2.45, 2.75) is 26.1 Å². The fourth-order valence-corrected chi connectivity index (χ4v) is 3.54. The zero-order valence-electron chi connectivity index (χ0n) is 12.0. The summed E-state index contributed by atoms with van der Waals surface area (Å²) in [6.45, 7) is 1.93. The van der Waals surface area contributed by atoms with Crippen molar-refractivity contribution >= 4 is 28.2 Å². The van der Waals surface area contributed by atoms with E-state index in [9.17, 15) is 27.9 Å². The number of alkyl halides is 3. The van der Waals surface area contributed by atoms with Crippen molar-refractivity contribution in [1.82, 2.24) is 4.90 Å². The number of likely N-dealkylation sites (N-methyl/N-ethyl adjacent to an activating group) is 1. The molecule has 122 valence electrons. The maximum Gasteiger partial charge on any atom is 0.400 e. The number of aromatic carboxylic acids is 1. The lowest BCUT2D eigenvalue weighted by molar-refractivity contribution is -0.175. The summed E-state index contributed by atoms with van der Waals surface area (Å²) in [5.74, 6) is -4.69. The molecule has 0 spiro atoms. The Bertz CT molecular complexity index is 612. The van der Waals surface area contributed by atoms with Gasteiger partial charge in [0.25, 0.3) is 0 Å². The molecule has 0 saturated carbocycles. The van der Waals surface area contributed by atoms with E-state index >= 15 is 0 Å². The lowest BCUT2D eigenvalue weighted by Crippen LogP contribution is -2.32. The number of carbonyl (C=O) groups is 2. The smallest absolute Gasteiger partial charge is 0.400 e. The normalized spacial score (nSPS) is 17.0. The predicted octanol–water partition coefficient (Wildman–Crippen LogP) is 2.57. The number of nitrogens with one attached hydrogen (secondary N) is 1. The van der Waals surface area contributed by atoms with Gasteiger partial charge in [-0.2, -0.15) is 13.2 Å². The Labute approximate surface area is 128 Å². The summed E-state index contributed by atoms with van der Waals surface area (Å²) in [5.41, 5.74) is 0.515. The van der Waals surface area contributed by atoms with Crippen LogP contribution in [-0.4, -0.2) is 41.7 Å². The molecular weight excluding hydrogens is 321 g/mol. The molecule has 0 bridgehead atoms. The van der Waals surface area contributed by atoms with E-state index in [4.69, 9.17) is 0 Å². The molecule has 0 fully saturated rings. The Kier molecular flexibility index (Phi) is 4.48. The van der Waals surface area contributed by atoms with Gasteiger partial charge in [0.2, 0.25) is 5.91 Å². The monoisotopic (exact) mass is 336 g/mol. The summed E-state index contributed by atoms with van der Waals surface area (Å²) < 4.78 is 37.7. The molecule has 1 aromatic heterocycles. The largest absolute Gasteiger partial charge is 0.478 e. The van der Waals surface area contributed by atoms with Gasteiger partial charge in [-0.15, -0.1) is 11.3 Å². The number of nitrogens with zero attached hydrogens (tertiary/aromatic N) is 1. The van der Waals surface area contributed by atoms with Gasteiger partial charge in [-0.25, -0.2) is 4.79 Å². The quantitative estimate of drug-likeness (QED) is 0.890.